The Morgan fingerprint density at radius 3 is 3.04 bits per heavy atom. The van der Waals surface area contributed by atoms with Gasteiger partial charge in [-0.3, -0.25) is 9.69 Å². The molecule has 2 aliphatic rings. The van der Waals surface area contributed by atoms with E-state index in [0.717, 1.165) is 18.4 Å². The van der Waals surface area contributed by atoms with Crippen LogP contribution in [0.1, 0.15) is 23.3 Å². The second-order valence-corrected chi connectivity index (χ2v) is 7.65. The van der Waals surface area contributed by atoms with E-state index < -0.39 is 5.54 Å². The quantitative estimate of drug-likeness (QED) is 0.830. The summed E-state index contributed by atoms with van der Waals surface area (Å²) < 4.78 is 5.62. The number of hydrogen-bond acceptors (Lipinski definition) is 4. The van der Waals surface area contributed by atoms with Crippen molar-refractivity contribution < 1.29 is 14.3 Å². The Morgan fingerprint density at radius 1 is 1.32 bits per heavy atom. The fourth-order valence-corrected chi connectivity index (χ4v) is 4.74. The summed E-state index contributed by atoms with van der Waals surface area (Å²) in [4.78, 5) is 27.9. The molecular formula is C18H17ClN2O3S. The van der Waals surface area contributed by atoms with Crippen molar-refractivity contribution in [2.45, 2.75) is 24.8 Å². The van der Waals surface area contributed by atoms with Gasteiger partial charge in [0, 0.05) is 15.5 Å². The highest BCUT2D eigenvalue weighted by Crippen LogP contribution is 2.42. The molecule has 1 aliphatic carbocycles. The van der Waals surface area contributed by atoms with Gasteiger partial charge in [0.1, 0.15) is 17.9 Å². The van der Waals surface area contributed by atoms with E-state index in [1.165, 1.54) is 9.78 Å². The van der Waals surface area contributed by atoms with E-state index >= 15 is 0 Å². The monoisotopic (exact) mass is 376 g/mol. The predicted molar refractivity (Wildman–Crippen MR) is 96.1 cm³/mol. The zero-order valence-electron chi connectivity index (χ0n) is 13.5. The van der Waals surface area contributed by atoms with Gasteiger partial charge in [0.2, 0.25) is 0 Å². The molecule has 0 unspecified atom stereocenters. The number of carbonyl (C=O) groups is 2. The third kappa shape index (κ3) is 2.79. The molecule has 25 heavy (non-hydrogen) atoms. The summed E-state index contributed by atoms with van der Waals surface area (Å²) >= 11 is 7.57. The van der Waals surface area contributed by atoms with E-state index in [0.29, 0.717) is 17.2 Å². The van der Waals surface area contributed by atoms with E-state index in [1.54, 1.807) is 35.6 Å². The van der Waals surface area contributed by atoms with Gasteiger partial charge in [0.05, 0.1) is 6.54 Å². The number of urea groups is 1. The van der Waals surface area contributed by atoms with Crippen molar-refractivity contribution in [2.75, 3.05) is 13.2 Å². The Labute approximate surface area is 154 Å². The van der Waals surface area contributed by atoms with Crippen LogP contribution in [0, 0.1) is 0 Å². The van der Waals surface area contributed by atoms with Crippen molar-refractivity contribution in [3.63, 3.8) is 0 Å². The maximum absolute atomic E-state index is 13.0. The number of carbonyl (C=O) groups excluding carboxylic acids is 2. The molecule has 1 aromatic carbocycles. The molecular weight excluding hydrogens is 360 g/mol. The molecule has 1 N–H and O–H groups in total. The Hall–Kier alpha value is -2.05. The number of rotatable bonds is 4. The number of ether oxygens (including phenoxy) is 1. The molecule has 0 radical (unpaired) electrons. The Kier molecular flexibility index (Phi) is 4.17. The van der Waals surface area contributed by atoms with Gasteiger partial charge in [0.15, 0.2) is 0 Å². The minimum absolute atomic E-state index is 0.174. The number of aryl methyl sites for hydroxylation is 1. The highest BCUT2D eigenvalue weighted by Gasteiger charge is 2.54. The van der Waals surface area contributed by atoms with Crippen LogP contribution in [-0.2, 0) is 16.8 Å². The first-order valence-corrected chi connectivity index (χ1v) is 9.45. The van der Waals surface area contributed by atoms with Crippen LogP contribution < -0.4 is 10.1 Å². The van der Waals surface area contributed by atoms with Crippen molar-refractivity contribution in [3.05, 3.63) is 51.2 Å². The first kappa shape index (κ1) is 16.4. The van der Waals surface area contributed by atoms with Gasteiger partial charge in [-0.15, -0.1) is 11.3 Å². The first-order valence-electron chi connectivity index (χ1n) is 8.19. The van der Waals surface area contributed by atoms with Gasteiger partial charge in [-0.2, -0.15) is 0 Å². The van der Waals surface area contributed by atoms with Crippen molar-refractivity contribution in [1.29, 1.82) is 0 Å². The molecule has 1 fully saturated rings. The first-order chi connectivity index (χ1) is 12.1. The molecule has 1 saturated heterocycles. The Morgan fingerprint density at radius 2 is 2.20 bits per heavy atom. The summed E-state index contributed by atoms with van der Waals surface area (Å²) in [7, 11) is 0. The van der Waals surface area contributed by atoms with Gasteiger partial charge in [-0.1, -0.05) is 17.7 Å². The summed E-state index contributed by atoms with van der Waals surface area (Å²) in [6, 6.07) is 8.66. The van der Waals surface area contributed by atoms with Gasteiger partial charge >= 0.3 is 6.03 Å². The second kappa shape index (κ2) is 6.35. The van der Waals surface area contributed by atoms with Gasteiger partial charge in [-0.25, -0.2) is 4.79 Å². The lowest BCUT2D eigenvalue weighted by Gasteiger charge is -2.31. The largest absolute Gasteiger partial charge is 0.492 e. The SMILES string of the molecule is O=C1N[C@@]2(CCCc3sccc32)C(=O)N1CCOc1cccc(Cl)c1. The molecule has 0 bridgehead atoms. The van der Waals surface area contributed by atoms with Crippen molar-refractivity contribution >= 4 is 34.9 Å². The molecule has 7 heteroatoms. The topological polar surface area (TPSA) is 58.6 Å². The summed E-state index contributed by atoms with van der Waals surface area (Å²) in [5.74, 6) is 0.443. The van der Waals surface area contributed by atoms with Crippen LogP contribution in [0.3, 0.4) is 0 Å². The lowest BCUT2D eigenvalue weighted by atomic mass is 9.80. The average Bonchev–Trinajstić information content (AvgIpc) is 3.15. The molecule has 1 aliphatic heterocycles. The molecule has 130 valence electrons. The molecule has 5 nitrogen and oxygen atoms in total. The number of nitrogens with zero attached hydrogens (tertiary/aromatic N) is 1. The van der Waals surface area contributed by atoms with Gasteiger partial charge in [0.25, 0.3) is 5.91 Å². The molecule has 1 atom stereocenters. The smallest absolute Gasteiger partial charge is 0.325 e. The number of nitrogens with one attached hydrogen (secondary N) is 1. The van der Waals surface area contributed by atoms with Crippen molar-refractivity contribution in [2.24, 2.45) is 0 Å². The van der Waals surface area contributed by atoms with Gasteiger partial charge < -0.3 is 10.1 Å². The molecule has 2 heterocycles. The van der Waals surface area contributed by atoms with E-state index in [-0.39, 0.29) is 25.1 Å². The van der Waals surface area contributed by atoms with Crippen LogP contribution in [0.5, 0.6) is 5.75 Å². The molecule has 2 aromatic rings. The number of halogens is 1. The van der Waals surface area contributed by atoms with Crippen molar-refractivity contribution in [1.82, 2.24) is 10.2 Å². The normalized spacial score (nSPS) is 22.2. The van der Waals surface area contributed by atoms with Crippen LogP contribution >= 0.6 is 22.9 Å². The number of fused-ring (bicyclic) bond motifs is 2. The van der Waals surface area contributed by atoms with Crippen LogP contribution in [-0.4, -0.2) is 30.0 Å². The standard InChI is InChI=1S/C18H17ClN2O3S/c19-12-3-1-4-13(11-12)24-9-8-21-16(22)18(20-17(21)23)7-2-5-15-14(18)6-10-25-15/h1,3-4,6,10-11H,2,5,7-9H2,(H,20,23)/t18-/m1/s1. The number of imide groups is 1. The zero-order valence-corrected chi connectivity index (χ0v) is 15.0. The Bertz CT molecular complexity index is 837. The number of benzene rings is 1. The molecule has 1 spiro atoms. The zero-order chi connectivity index (χ0) is 17.4. The maximum atomic E-state index is 13.0. The minimum atomic E-state index is -0.888. The number of thiophene rings is 1. The highest BCUT2D eigenvalue weighted by molar-refractivity contribution is 7.10. The summed E-state index contributed by atoms with van der Waals surface area (Å²) in [6.45, 7) is 0.435. The third-order valence-corrected chi connectivity index (χ3v) is 5.93. The summed E-state index contributed by atoms with van der Waals surface area (Å²) in [5, 5.41) is 5.51. The average molecular weight is 377 g/mol. The minimum Gasteiger partial charge on any atom is -0.492 e. The molecule has 3 amide bonds. The lowest BCUT2D eigenvalue weighted by Crippen LogP contribution is -2.46. The maximum Gasteiger partial charge on any atom is 0.325 e. The van der Waals surface area contributed by atoms with E-state index in [9.17, 15) is 9.59 Å². The van der Waals surface area contributed by atoms with Crippen LogP contribution in [0.25, 0.3) is 0 Å². The summed E-state index contributed by atoms with van der Waals surface area (Å²) in [6.07, 6.45) is 2.51. The fraction of sp³-hybridized carbons (Fsp3) is 0.333. The fourth-order valence-electron chi connectivity index (χ4n) is 3.56. The lowest BCUT2D eigenvalue weighted by molar-refractivity contribution is -0.132. The molecule has 0 saturated carbocycles. The number of hydrogen-bond donors (Lipinski definition) is 1. The van der Waals surface area contributed by atoms with Crippen LogP contribution in [0.2, 0.25) is 5.02 Å². The summed E-state index contributed by atoms with van der Waals surface area (Å²) in [5.41, 5.74) is 0.0705. The second-order valence-electron chi connectivity index (χ2n) is 6.21. The van der Waals surface area contributed by atoms with Crippen LogP contribution in [0.15, 0.2) is 35.7 Å². The van der Waals surface area contributed by atoms with E-state index in [1.807, 2.05) is 11.4 Å². The van der Waals surface area contributed by atoms with E-state index in [2.05, 4.69) is 5.32 Å². The number of amides is 3. The van der Waals surface area contributed by atoms with E-state index in [4.69, 9.17) is 16.3 Å². The van der Waals surface area contributed by atoms with Gasteiger partial charge in [-0.05, 0) is 48.9 Å². The van der Waals surface area contributed by atoms with Crippen LogP contribution in [0.4, 0.5) is 4.79 Å². The third-order valence-electron chi connectivity index (χ3n) is 4.72. The van der Waals surface area contributed by atoms with Crippen molar-refractivity contribution in [3.8, 4) is 5.75 Å². The highest BCUT2D eigenvalue weighted by atomic mass is 35.5. The molecule has 1 aromatic heterocycles. The molecule has 4 rings (SSSR count). The Balaban J connectivity index is 1.48. The predicted octanol–water partition coefficient (Wildman–Crippen LogP) is 3.56.